The molecule has 11 heteroatoms. The molecule has 2 unspecified atom stereocenters. The Morgan fingerprint density at radius 3 is 1.31 bits per heavy atom. The van der Waals surface area contributed by atoms with Crippen LogP contribution in [-0.4, -0.2) is 31.0 Å². The van der Waals surface area contributed by atoms with E-state index >= 15 is 0 Å². The molecule has 0 aliphatic carbocycles. The second kappa shape index (κ2) is 4.26. The smallest absolute Gasteiger partial charge is 0.242 e. The van der Waals surface area contributed by atoms with E-state index in [0.29, 0.717) is 0 Å². The van der Waals surface area contributed by atoms with Gasteiger partial charge in [0, 0.05) is 0 Å². The van der Waals surface area contributed by atoms with Gasteiger partial charge in [0.2, 0.25) is 6.17 Å². The van der Waals surface area contributed by atoms with Crippen LogP contribution in [0.5, 0.6) is 0 Å². The van der Waals surface area contributed by atoms with Gasteiger partial charge in [-0.25, -0.2) is 17.9 Å². The Kier molecular flexibility index (Phi) is 4.06. The Morgan fingerprint density at radius 1 is 0.750 bits per heavy atom. The van der Waals surface area contributed by atoms with Crippen molar-refractivity contribution < 1.29 is 48.6 Å². The minimum absolute atomic E-state index is 1.77. The van der Waals surface area contributed by atoms with Gasteiger partial charge in [-0.1, -0.05) is 0 Å². The van der Waals surface area contributed by atoms with Crippen molar-refractivity contribution in [2.75, 3.05) is 0 Å². The van der Waals surface area contributed by atoms with Gasteiger partial charge in [-0.05, 0) is 0 Å². The van der Waals surface area contributed by atoms with Crippen LogP contribution in [0.3, 0.4) is 0 Å². The lowest BCUT2D eigenvalue weighted by Gasteiger charge is -2.30. The molecule has 0 amide bonds. The third-order valence-electron chi connectivity index (χ3n) is 1.23. The molecular weight excluding hydrogens is 266 g/mol. The number of alkyl halides is 10. The average Bonchev–Trinajstić information content (AvgIpc) is 1.97. The summed E-state index contributed by atoms with van der Waals surface area (Å²) in [5.74, 6) is -6.14. The highest BCUT2D eigenvalue weighted by Crippen LogP contribution is 2.44. The van der Waals surface area contributed by atoms with Crippen LogP contribution in [0.15, 0.2) is 0 Å². The van der Waals surface area contributed by atoms with Crippen LogP contribution in [-0.2, 0) is 4.74 Å². The van der Waals surface area contributed by atoms with E-state index in [9.17, 15) is 43.9 Å². The highest BCUT2D eigenvalue weighted by Gasteiger charge is 2.69. The fraction of sp³-hybridized carbons (Fsp3) is 1.00. The molecule has 0 aromatic carbocycles. The molecule has 0 saturated carbocycles. The Bertz CT molecular complexity index is 230. The first kappa shape index (κ1) is 15.3. The van der Waals surface area contributed by atoms with Crippen molar-refractivity contribution in [1.29, 1.82) is 0 Å². The first-order valence-electron chi connectivity index (χ1n) is 3.26. The minimum Gasteiger partial charge on any atom is -0.242 e. The number of hydrogen-bond donors (Lipinski definition) is 0. The number of halogens is 10. The second-order valence-electron chi connectivity index (χ2n) is 2.43. The third kappa shape index (κ3) is 3.39. The number of ether oxygens (including phenoxy) is 1. The van der Waals surface area contributed by atoms with Crippen molar-refractivity contribution in [2.45, 2.75) is 31.0 Å². The minimum atomic E-state index is -6.60. The summed E-state index contributed by atoms with van der Waals surface area (Å²) in [5, 5.41) is 0. The van der Waals surface area contributed by atoms with Crippen molar-refractivity contribution in [1.82, 2.24) is 0 Å². The summed E-state index contributed by atoms with van der Waals surface area (Å²) in [6, 6.07) is 0. The Labute approximate surface area is 81.0 Å². The van der Waals surface area contributed by atoms with E-state index in [1.165, 1.54) is 0 Å². The second-order valence-corrected chi connectivity index (χ2v) is 2.43. The molecule has 0 bridgehead atoms. The summed E-state index contributed by atoms with van der Waals surface area (Å²) in [5.41, 5.74) is 0. The molecule has 0 N–H and O–H groups in total. The van der Waals surface area contributed by atoms with Gasteiger partial charge in [0.15, 0.2) is 0 Å². The van der Waals surface area contributed by atoms with E-state index < -0.39 is 31.0 Å². The summed E-state index contributed by atoms with van der Waals surface area (Å²) in [7, 11) is 0. The summed E-state index contributed by atoms with van der Waals surface area (Å²) in [6.07, 6.45) is -22.3. The zero-order valence-corrected chi connectivity index (χ0v) is 6.84. The summed E-state index contributed by atoms with van der Waals surface area (Å²) in [4.78, 5) is 0. The van der Waals surface area contributed by atoms with Gasteiger partial charge < -0.3 is 0 Å². The van der Waals surface area contributed by atoms with Crippen molar-refractivity contribution in [3.63, 3.8) is 0 Å². The number of hydrogen-bond acceptors (Lipinski definition) is 1. The molecule has 0 aliphatic rings. The highest BCUT2D eigenvalue weighted by molar-refractivity contribution is 4.88. The van der Waals surface area contributed by atoms with Gasteiger partial charge in [-0.2, -0.15) is 17.6 Å². The topological polar surface area (TPSA) is 9.23 Å². The van der Waals surface area contributed by atoms with Crippen LogP contribution >= 0.6 is 0 Å². The van der Waals surface area contributed by atoms with Crippen LogP contribution in [0.25, 0.3) is 0 Å². The molecular formula is C5H2F10O. The maximum absolute atomic E-state index is 12.5. The fourth-order valence-electron chi connectivity index (χ4n) is 0.601. The molecule has 0 radical (unpaired) electrons. The van der Waals surface area contributed by atoms with Crippen LogP contribution < -0.4 is 0 Å². The molecule has 16 heavy (non-hydrogen) atoms. The van der Waals surface area contributed by atoms with E-state index in [1.54, 1.807) is 4.74 Å². The molecule has 0 spiro atoms. The largest absolute Gasteiger partial charge is 0.525 e. The summed E-state index contributed by atoms with van der Waals surface area (Å²) < 4.78 is 118. The van der Waals surface area contributed by atoms with Crippen LogP contribution in [0.4, 0.5) is 43.9 Å². The lowest BCUT2D eigenvalue weighted by atomic mass is 10.2. The molecule has 2 atom stereocenters. The van der Waals surface area contributed by atoms with Gasteiger partial charge in [0.05, 0.1) is 0 Å². The fourth-order valence-corrected chi connectivity index (χ4v) is 0.601. The molecule has 0 fully saturated rings. The maximum atomic E-state index is 12.5. The maximum Gasteiger partial charge on any atom is 0.525 e. The van der Waals surface area contributed by atoms with Crippen LogP contribution in [0, 0.1) is 0 Å². The van der Waals surface area contributed by atoms with Gasteiger partial charge in [0.1, 0.15) is 0 Å². The van der Waals surface area contributed by atoms with Crippen molar-refractivity contribution in [3.05, 3.63) is 0 Å². The summed E-state index contributed by atoms with van der Waals surface area (Å²) >= 11 is 0. The third-order valence-corrected chi connectivity index (χ3v) is 1.23. The standard InChI is InChI=1S/C5H2F10O/c6-1(2(7)8)3(9,4(10,11)12)16-5(13,14)15/h1-2H. The van der Waals surface area contributed by atoms with Gasteiger partial charge in [-0.3, -0.25) is 0 Å². The van der Waals surface area contributed by atoms with E-state index in [1.807, 2.05) is 0 Å². The predicted molar refractivity (Wildman–Crippen MR) is 27.9 cm³/mol. The van der Waals surface area contributed by atoms with Gasteiger partial charge in [0.25, 0.3) is 6.43 Å². The van der Waals surface area contributed by atoms with Gasteiger partial charge >= 0.3 is 18.4 Å². The lowest BCUT2D eigenvalue weighted by molar-refractivity contribution is -0.463. The molecule has 1 nitrogen and oxygen atoms in total. The molecule has 0 saturated heterocycles. The van der Waals surface area contributed by atoms with Crippen molar-refractivity contribution in [3.8, 4) is 0 Å². The van der Waals surface area contributed by atoms with E-state index in [2.05, 4.69) is 0 Å². The Morgan fingerprint density at radius 2 is 1.12 bits per heavy atom. The van der Waals surface area contributed by atoms with E-state index in [4.69, 9.17) is 0 Å². The van der Waals surface area contributed by atoms with Crippen LogP contribution in [0.2, 0.25) is 0 Å². The zero-order chi connectivity index (χ0) is 13.4. The Balaban J connectivity index is 5.21. The Hall–Kier alpha value is -0.740. The average molecular weight is 268 g/mol. The lowest BCUT2D eigenvalue weighted by Crippen LogP contribution is -2.56. The zero-order valence-electron chi connectivity index (χ0n) is 6.84. The quantitative estimate of drug-likeness (QED) is 0.713. The normalized spacial score (nSPS) is 19.7. The van der Waals surface area contributed by atoms with Gasteiger partial charge in [-0.15, -0.1) is 13.2 Å². The van der Waals surface area contributed by atoms with Crippen LogP contribution in [0.1, 0.15) is 0 Å². The first-order chi connectivity index (χ1) is 6.81. The molecule has 0 aliphatic heterocycles. The summed E-state index contributed by atoms with van der Waals surface area (Å²) in [6.45, 7) is 0. The van der Waals surface area contributed by atoms with E-state index in [-0.39, 0.29) is 0 Å². The molecule has 0 aromatic heterocycles. The van der Waals surface area contributed by atoms with E-state index in [0.717, 1.165) is 0 Å². The molecule has 0 heterocycles. The van der Waals surface area contributed by atoms with Crippen molar-refractivity contribution in [2.24, 2.45) is 0 Å². The van der Waals surface area contributed by atoms with Crippen molar-refractivity contribution >= 4 is 0 Å². The molecule has 0 rings (SSSR count). The predicted octanol–water partition coefficient (Wildman–Crippen LogP) is 3.35. The number of rotatable bonds is 3. The SMILES string of the molecule is FC(F)C(F)C(F)(OC(F)(F)F)C(F)(F)F. The molecule has 98 valence electrons. The monoisotopic (exact) mass is 268 g/mol. The first-order valence-corrected chi connectivity index (χ1v) is 3.26. The molecule has 0 aromatic rings. The highest BCUT2D eigenvalue weighted by atomic mass is 19.4.